The maximum Gasteiger partial charge on any atom is 0.245 e. The molecule has 1 saturated carbocycles. The van der Waals surface area contributed by atoms with Crippen LogP contribution in [0.3, 0.4) is 0 Å². The number of rotatable bonds is 6. The Balaban J connectivity index is 2.57. The van der Waals surface area contributed by atoms with Gasteiger partial charge in [0.1, 0.15) is 4.90 Å². The molecule has 0 aromatic heterocycles. The summed E-state index contributed by atoms with van der Waals surface area (Å²) < 4.78 is 50.0. The first-order chi connectivity index (χ1) is 9.67. The van der Waals surface area contributed by atoms with Crippen LogP contribution < -0.4 is 5.32 Å². The third kappa shape index (κ3) is 3.38. The molecule has 1 aliphatic carbocycles. The highest BCUT2D eigenvalue weighted by Crippen LogP contribution is 2.34. The van der Waals surface area contributed by atoms with Crippen LogP contribution in [0.25, 0.3) is 0 Å². The van der Waals surface area contributed by atoms with Crippen molar-refractivity contribution in [3.63, 3.8) is 0 Å². The first-order valence-electron chi connectivity index (χ1n) is 6.74. The summed E-state index contributed by atoms with van der Waals surface area (Å²) in [5.41, 5.74) is 0.428. The zero-order valence-corrected chi connectivity index (χ0v) is 14.0. The summed E-state index contributed by atoms with van der Waals surface area (Å²) in [5.74, 6) is 0. The zero-order valence-electron chi connectivity index (χ0n) is 12.3. The van der Waals surface area contributed by atoms with Crippen molar-refractivity contribution < 1.29 is 16.8 Å². The van der Waals surface area contributed by atoms with Crippen LogP contribution in [-0.2, 0) is 19.9 Å². The van der Waals surface area contributed by atoms with E-state index in [1.165, 1.54) is 29.6 Å². The van der Waals surface area contributed by atoms with Crippen molar-refractivity contribution in [2.24, 2.45) is 0 Å². The average molecular weight is 332 g/mol. The maximum absolute atomic E-state index is 12.7. The largest absolute Gasteiger partial charge is 0.384 e. The van der Waals surface area contributed by atoms with E-state index < -0.39 is 19.9 Å². The summed E-state index contributed by atoms with van der Waals surface area (Å²) in [6.07, 6.45) is 2.76. The van der Waals surface area contributed by atoms with Crippen LogP contribution in [0.5, 0.6) is 0 Å². The van der Waals surface area contributed by atoms with E-state index in [-0.39, 0.29) is 15.8 Å². The summed E-state index contributed by atoms with van der Waals surface area (Å²) in [6, 6.07) is 4.18. The summed E-state index contributed by atoms with van der Waals surface area (Å²) in [4.78, 5) is 0.0219. The number of sulfone groups is 1. The van der Waals surface area contributed by atoms with Crippen LogP contribution in [0.15, 0.2) is 28.0 Å². The topological polar surface area (TPSA) is 83.5 Å². The molecule has 0 spiro atoms. The van der Waals surface area contributed by atoms with Gasteiger partial charge in [0, 0.05) is 25.9 Å². The molecule has 2 rings (SSSR count). The van der Waals surface area contributed by atoms with E-state index >= 15 is 0 Å². The summed E-state index contributed by atoms with van der Waals surface area (Å²) >= 11 is 0. The minimum absolute atomic E-state index is 0.00641. The normalized spacial score (nSPS) is 16.2. The minimum Gasteiger partial charge on any atom is -0.384 e. The highest BCUT2D eigenvalue weighted by Gasteiger charge is 2.36. The molecule has 21 heavy (non-hydrogen) atoms. The van der Waals surface area contributed by atoms with E-state index in [1.54, 1.807) is 0 Å². The van der Waals surface area contributed by atoms with Crippen LogP contribution in [-0.4, -0.2) is 47.0 Å². The molecule has 1 aromatic rings. The third-order valence-corrected chi connectivity index (χ3v) is 6.53. The quantitative estimate of drug-likeness (QED) is 0.849. The van der Waals surface area contributed by atoms with E-state index in [1.807, 2.05) is 6.92 Å². The average Bonchev–Trinajstić information content (AvgIpc) is 3.21. The molecule has 0 unspecified atom stereocenters. The molecule has 0 heterocycles. The van der Waals surface area contributed by atoms with Gasteiger partial charge >= 0.3 is 0 Å². The third-order valence-electron chi connectivity index (χ3n) is 3.47. The van der Waals surface area contributed by atoms with Crippen molar-refractivity contribution >= 4 is 25.5 Å². The molecular weight excluding hydrogens is 312 g/mol. The molecule has 6 nitrogen and oxygen atoms in total. The molecule has 1 N–H and O–H groups in total. The van der Waals surface area contributed by atoms with Gasteiger partial charge in [-0.25, -0.2) is 16.8 Å². The molecule has 118 valence electrons. The Morgan fingerprint density at radius 1 is 1.24 bits per heavy atom. The van der Waals surface area contributed by atoms with E-state index in [0.717, 1.165) is 19.1 Å². The zero-order chi connectivity index (χ0) is 15.8. The molecule has 0 bridgehead atoms. The van der Waals surface area contributed by atoms with Crippen molar-refractivity contribution in [1.82, 2.24) is 4.31 Å². The molecule has 0 atom stereocenters. The lowest BCUT2D eigenvalue weighted by molar-refractivity contribution is 0.464. The van der Waals surface area contributed by atoms with E-state index in [0.29, 0.717) is 12.2 Å². The fourth-order valence-corrected chi connectivity index (χ4v) is 4.40. The lowest BCUT2D eigenvalue weighted by atomic mass is 10.3. The maximum atomic E-state index is 12.7. The minimum atomic E-state index is -3.70. The first kappa shape index (κ1) is 16.3. The van der Waals surface area contributed by atoms with Gasteiger partial charge in [-0.05, 0) is 38.0 Å². The van der Waals surface area contributed by atoms with Gasteiger partial charge in [0.25, 0.3) is 0 Å². The van der Waals surface area contributed by atoms with E-state index in [2.05, 4.69) is 5.32 Å². The second kappa shape index (κ2) is 5.58. The Hall–Kier alpha value is -1.12. The monoisotopic (exact) mass is 332 g/mol. The Morgan fingerprint density at radius 2 is 1.86 bits per heavy atom. The van der Waals surface area contributed by atoms with Gasteiger partial charge < -0.3 is 5.32 Å². The Morgan fingerprint density at radius 3 is 2.33 bits per heavy atom. The van der Waals surface area contributed by atoms with Crippen molar-refractivity contribution in [3.05, 3.63) is 18.2 Å². The first-order valence-corrected chi connectivity index (χ1v) is 10.1. The molecule has 0 amide bonds. The van der Waals surface area contributed by atoms with Crippen LogP contribution >= 0.6 is 0 Å². The van der Waals surface area contributed by atoms with Gasteiger partial charge in [-0.1, -0.05) is 0 Å². The van der Waals surface area contributed by atoms with Crippen molar-refractivity contribution in [3.8, 4) is 0 Å². The molecule has 0 radical (unpaired) electrons. The van der Waals surface area contributed by atoms with E-state index in [4.69, 9.17) is 0 Å². The second-order valence-corrected chi connectivity index (χ2v) is 9.19. The number of hydrogen-bond acceptors (Lipinski definition) is 5. The van der Waals surface area contributed by atoms with Crippen LogP contribution in [0.4, 0.5) is 5.69 Å². The number of nitrogens with one attached hydrogen (secondary N) is 1. The number of benzene rings is 1. The predicted molar refractivity (Wildman–Crippen MR) is 81.7 cm³/mol. The second-order valence-electron chi connectivity index (χ2n) is 5.21. The fraction of sp³-hybridized carbons (Fsp3) is 0.538. The Kier molecular flexibility index (Phi) is 4.32. The van der Waals surface area contributed by atoms with Crippen molar-refractivity contribution in [2.45, 2.75) is 35.6 Å². The number of sulfonamides is 1. The Labute approximate surface area is 126 Å². The molecule has 0 aliphatic heterocycles. The van der Waals surface area contributed by atoms with Gasteiger partial charge in [0.2, 0.25) is 10.0 Å². The number of nitrogens with zero attached hydrogens (tertiary/aromatic N) is 1. The molecule has 1 aromatic carbocycles. The lowest BCUT2D eigenvalue weighted by Crippen LogP contribution is -2.29. The van der Waals surface area contributed by atoms with Gasteiger partial charge in [-0.15, -0.1) is 0 Å². The lowest BCUT2D eigenvalue weighted by Gasteiger charge is -2.19. The summed E-state index contributed by atoms with van der Waals surface area (Å²) in [5, 5.41) is 2.97. The molecule has 1 aliphatic rings. The number of anilines is 1. The van der Waals surface area contributed by atoms with Gasteiger partial charge in [0.05, 0.1) is 10.6 Å². The molecule has 1 fully saturated rings. The van der Waals surface area contributed by atoms with Crippen molar-refractivity contribution in [1.29, 1.82) is 0 Å². The Bertz CT molecular complexity index is 737. The predicted octanol–water partition coefficient (Wildman–Crippen LogP) is 1.30. The van der Waals surface area contributed by atoms with Gasteiger partial charge in [-0.2, -0.15) is 4.31 Å². The van der Waals surface area contributed by atoms with E-state index in [9.17, 15) is 16.8 Å². The smallest absolute Gasteiger partial charge is 0.245 e. The molecule has 8 heteroatoms. The van der Waals surface area contributed by atoms with Crippen LogP contribution in [0.1, 0.15) is 19.8 Å². The molecular formula is C13H20N2O4S2. The fourth-order valence-electron chi connectivity index (χ4n) is 2.07. The summed E-state index contributed by atoms with van der Waals surface area (Å²) in [7, 11) is -5.63. The van der Waals surface area contributed by atoms with Crippen LogP contribution in [0, 0.1) is 0 Å². The number of hydrogen-bond donors (Lipinski definition) is 1. The molecule has 0 saturated heterocycles. The SMILES string of the molecule is CCNc1ccc(S(C)(=O)=O)cc1S(=O)(=O)N(C)C1CC1. The summed E-state index contributed by atoms with van der Waals surface area (Å²) in [6.45, 7) is 2.40. The van der Waals surface area contributed by atoms with Crippen LogP contribution in [0.2, 0.25) is 0 Å². The standard InChI is InChI=1S/C13H20N2O4S2/c1-4-14-12-8-7-11(20(3,16)17)9-13(12)21(18,19)15(2)10-5-6-10/h7-10,14H,4-6H2,1-3H3. The highest BCUT2D eigenvalue weighted by molar-refractivity contribution is 7.91. The van der Waals surface area contributed by atoms with Gasteiger partial charge in [0.15, 0.2) is 9.84 Å². The highest BCUT2D eigenvalue weighted by atomic mass is 32.2. The van der Waals surface area contributed by atoms with Gasteiger partial charge in [-0.3, -0.25) is 0 Å². The van der Waals surface area contributed by atoms with Crippen molar-refractivity contribution in [2.75, 3.05) is 25.2 Å².